The molecular weight excluding hydrogens is 262 g/mol. The van der Waals surface area contributed by atoms with Crippen molar-refractivity contribution < 1.29 is 9.15 Å². The molecule has 0 unspecified atom stereocenters. The quantitative estimate of drug-likeness (QED) is 0.766. The van der Waals surface area contributed by atoms with Gasteiger partial charge in [0.1, 0.15) is 17.3 Å². The van der Waals surface area contributed by atoms with Gasteiger partial charge in [-0.1, -0.05) is 18.2 Å². The van der Waals surface area contributed by atoms with E-state index in [0.717, 1.165) is 30.4 Å². The molecule has 1 heterocycles. The molecule has 2 aromatic carbocycles. The van der Waals surface area contributed by atoms with Crippen LogP contribution in [0.1, 0.15) is 17.1 Å². The monoisotopic (exact) mass is 281 g/mol. The van der Waals surface area contributed by atoms with Crippen LogP contribution in [0, 0.1) is 6.92 Å². The van der Waals surface area contributed by atoms with E-state index in [0.29, 0.717) is 0 Å². The molecule has 0 atom stereocenters. The van der Waals surface area contributed by atoms with Crippen LogP contribution < -0.4 is 10.1 Å². The van der Waals surface area contributed by atoms with E-state index < -0.39 is 0 Å². The Morgan fingerprint density at radius 2 is 1.76 bits per heavy atom. The fourth-order valence-corrected chi connectivity index (χ4v) is 2.42. The molecule has 3 rings (SSSR count). The van der Waals surface area contributed by atoms with E-state index in [1.807, 2.05) is 25.1 Å². The van der Waals surface area contributed by atoms with Gasteiger partial charge in [0.05, 0.1) is 13.7 Å². The molecule has 1 aromatic heterocycles. The molecule has 3 nitrogen and oxygen atoms in total. The Hall–Kier alpha value is -2.26. The molecule has 0 radical (unpaired) electrons. The Bertz CT molecular complexity index is 746. The van der Waals surface area contributed by atoms with Crippen LogP contribution in [0.4, 0.5) is 0 Å². The zero-order chi connectivity index (χ0) is 14.7. The smallest absolute Gasteiger partial charge is 0.119 e. The van der Waals surface area contributed by atoms with Crippen LogP contribution >= 0.6 is 0 Å². The molecule has 0 saturated heterocycles. The Morgan fingerprint density at radius 1 is 0.952 bits per heavy atom. The van der Waals surface area contributed by atoms with Crippen LogP contribution in [0.15, 0.2) is 52.9 Å². The first-order valence-electron chi connectivity index (χ1n) is 7.07. The summed E-state index contributed by atoms with van der Waals surface area (Å²) >= 11 is 0. The first-order chi connectivity index (χ1) is 10.2. The lowest BCUT2D eigenvalue weighted by molar-refractivity contribution is 0.415. The Labute approximate surface area is 124 Å². The molecule has 0 aliphatic heterocycles. The summed E-state index contributed by atoms with van der Waals surface area (Å²) in [5, 5.41) is 5.82. The molecule has 0 bridgehead atoms. The number of rotatable bonds is 5. The number of benzene rings is 2. The highest BCUT2D eigenvalue weighted by Crippen LogP contribution is 2.21. The van der Waals surface area contributed by atoms with Gasteiger partial charge in [0.15, 0.2) is 0 Å². The number of aryl methyl sites for hydroxylation is 1. The summed E-state index contributed by atoms with van der Waals surface area (Å²) in [5.41, 5.74) is 1.26. The third-order valence-electron chi connectivity index (χ3n) is 3.54. The number of nitrogens with one attached hydrogen (secondary N) is 1. The topological polar surface area (TPSA) is 34.4 Å². The molecule has 3 heteroatoms. The number of hydrogen-bond acceptors (Lipinski definition) is 3. The van der Waals surface area contributed by atoms with Gasteiger partial charge < -0.3 is 14.5 Å². The van der Waals surface area contributed by atoms with Gasteiger partial charge in [0.25, 0.3) is 0 Å². The lowest BCUT2D eigenvalue weighted by atomic mass is 10.1. The van der Waals surface area contributed by atoms with Crippen molar-refractivity contribution in [2.24, 2.45) is 0 Å². The van der Waals surface area contributed by atoms with Crippen LogP contribution in [0.5, 0.6) is 5.75 Å². The van der Waals surface area contributed by atoms with E-state index in [4.69, 9.17) is 9.15 Å². The molecule has 0 aliphatic rings. The van der Waals surface area contributed by atoms with Crippen LogP contribution in [0.2, 0.25) is 0 Å². The molecular formula is C18H19NO2. The molecule has 0 amide bonds. The van der Waals surface area contributed by atoms with E-state index in [1.165, 1.54) is 16.3 Å². The summed E-state index contributed by atoms with van der Waals surface area (Å²) in [6, 6.07) is 16.6. The second-order valence-electron chi connectivity index (χ2n) is 5.16. The van der Waals surface area contributed by atoms with E-state index in [2.05, 4.69) is 35.6 Å². The van der Waals surface area contributed by atoms with Crippen molar-refractivity contribution >= 4 is 10.8 Å². The third-order valence-corrected chi connectivity index (χ3v) is 3.54. The average molecular weight is 281 g/mol. The van der Waals surface area contributed by atoms with Gasteiger partial charge in [-0.3, -0.25) is 0 Å². The average Bonchev–Trinajstić information content (AvgIpc) is 2.92. The van der Waals surface area contributed by atoms with E-state index >= 15 is 0 Å². The minimum absolute atomic E-state index is 0.745. The van der Waals surface area contributed by atoms with Crippen molar-refractivity contribution in [3.8, 4) is 5.75 Å². The van der Waals surface area contributed by atoms with Gasteiger partial charge in [-0.05, 0) is 53.6 Å². The molecule has 0 spiro atoms. The Kier molecular flexibility index (Phi) is 3.93. The van der Waals surface area contributed by atoms with E-state index in [-0.39, 0.29) is 0 Å². The predicted octanol–water partition coefficient (Wildman–Crippen LogP) is 4.04. The van der Waals surface area contributed by atoms with Crippen molar-refractivity contribution in [2.75, 3.05) is 7.11 Å². The molecule has 108 valence electrons. The van der Waals surface area contributed by atoms with E-state index in [9.17, 15) is 0 Å². The molecule has 3 aromatic rings. The second-order valence-corrected chi connectivity index (χ2v) is 5.16. The lowest BCUT2D eigenvalue weighted by Gasteiger charge is -2.06. The fraction of sp³-hybridized carbons (Fsp3) is 0.222. The summed E-state index contributed by atoms with van der Waals surface area (Å²) in [5.74, 6) is 2.81. The maximum Gasteiger partial charge on any atom is 0.119 e. The van der Waals surface area contributed by atoms with Gasteiger partial charge in [0, 0.05) is 6.54 Å². The van der Waals surface area contributed by atoms with E-state index in [1.54, 1.807) is 7.11 Å². The number of fused-ring (bicyclic) bond motifs is 1. The van der Waals surface area contributed by atoms with Gasteiger partial charge in [-0.25, -0.2) is 0 Å². The molecule has 0 aliphatic carbocycles. The highest BCUT2D eigenvalue weighted by atomic mass is 16.5. The minimum Gasteiger partial charge on any atom is -0.497 e. The number of hydrogen-bond donors (Lipinski definition) is 1. The van der Waals surface area contributed by atoms with Crippen molar-refractivity contribution in [2.45, 2.75) is 20.0 Å². The molecule has 0 fully saturated rings. The van der Waals surface area contributed by atoms with Gasteiger partial charge in [-0.15, -0.1) is 0 Å². The zero-order valence-corrected chi connectivity index (χ0v) is 12.3. The SMILES string of the molecule is COc1ccc2cc(CNCc3ccc(C)o3)ccc2c1. The van der Waals surface area contributed by atoms with Crippen LogP contribution in [0.25, 0.3) is 10.8 Å². The standard InChI is InChI=1S/C18H19NO2/c1-13-3-7-18(21-13)12-19-11-14-4-5-16-10-17(20-2)8-6-15(16)9-14/h3-10,19H,11-12H2,1-2H3. The maximum atomic E-state index is 5.54. The van der Waals surface area contributed by atoms with Crippen LogP contribution in [-0.2, 0) is 13.1 Å². The first-order valence-corrected chi connectivity index (χ1v) is 7.07. The number of methoxy groups -OCH3 is 1. The Morgan fingerprint density at radius 3 is 2.52 bits per heavy atom. The normalized spacial score (nSPS) is 11.0. The predicted molar refractivity (Wildman–Crippen MR) is 84.5 cm³/mol. The van der Waals surface area contributed by atoms with Crippen molar-refractivity contribution in [3.05, 3.63) is 65.6 Å². The van der Waals surface area contributed by atoms with Crippen molar-refractivity contribution in [3.63, 3.8) is 0 Å². The Balaban J connectivity index is 1.67. The fourth-order valence-electron chi connectivity index (χ4n) is 2.42. The number of ether oxygens (including phenoxy) is 1. The van der Waals surface area contributed by atoms with Crippen molar-refractivity contribution in [1.82, 2.24) is 5.32 Å². The largest absolute Gasteiger partial charge is 0.497 e. The van der Waals surface area contributed by atoms with Gasteiger partial charge in [0.2, 0.25) is 0 Å². The molecule has 21 heavy (non-hydrogen) atoms. The maximum absolute atomic E-state index is 5.54. The number of furan rings is 1. The lowest BCUT2D eigenvalue weighted by Crippen LogP contribution is -2.11. The zero-order valence-electron chi connectivity index (χ0n) is 12.3. The second kappa shape index (κ2) is 6.02. The van der Waals surface area contributed by atoms with Crippen LogP contribution in [-0.4, -0.2) is 7.11 Å². The van der Waals surface area contributed by atoms with Gasteiger partial charge in [-0.2, -0.15) is 0 Å². The summed E-state index contributed by atoms with van der Waals surface area (Å²) in [6.45, 7) is 3.53. The molecule has 1 N–H and O–H groups in total. The van der Waals surface area contributed by atoms with Crippen LogP contribution in [0.3, 0.4) is 0 Å². The summed E-state index contributed by atoms with van der Waals surface area (Å²) < 4.78 is 10.8. The van der Waals surface area contributed by atoms with Crippen molar-refractivity contribution in [1.29, 1.82) is 0 Å². The first kappa shape index (κ1) is 13.7. The summed E-state index contributed by atoms with van der Waals surface area (Å²) in [7, 11) is 1.69. The highest BCUT2D eigenvalue weighted by molar-refractivity contribution is 5.84. The molecule has 0 saturated carbocycles. The minimum atomic E-state index is 0.745. The highest BCUT2D eigenvalue weighted by Gasteiger charge is 2.01. The van der Waals surface area contributed by atoms with Gasteiger partial charge >= 0.3 is 0 Å². The summed E-state index contributed by atoms with van der Waals surface area (Å²) in [4.78, 5) is 0. The summed E-state index contributed by atoms with van der Waals surface area (Å²) in [6.07, 6.45) is 0. The third kappa shape index (κ3) is 3.26.